The Labute approximate surface area is 78.0 Å². The van der Waals surface area contributed by atoms with Crippen LogP contribution in [0.3, 0.4) is 0 Å². The van der Waals surface area contributed by atoms with Crippen molar-refractivity contribution < 1.29 is 24.6 Å². The van der Waals surface area contributed by atoms with E-state index in [4.69, 9.17) is 15.0 Å². The Morgan fingerprint density at radius 2 is 0.929 bits per heavy atom. The third-order valence-corrected chi connectivity index (χ3v) is 0.285. The minimum Gasteiger partial charge on any atom is -0.450 e. The normalized spacial score (nSPS) is 6.43. The average molecular weight is 212 g/mol. The number of hydrogen-bond acceptors (Lipinski definition) is 5. The minimum absolute atomic E-state index is 0.718. The van der Waals surface area contributed by atoms with Gasteiger partial charge in [-0.3, -0.25) is 10.9 Å². The Morgan fingerprint density at radius 3 is 0.929 bits per heavy atom. The lowest BCUT2D eigenvalue weighted by molar-refractivity contribution is 0.137. The molecule has 0 saturated heterocycles. The van der Waals surface area contributed by atoms with Crippen LogP contribution in [0.5, 0.6) is 0 Å². The number of carboxylic acid groups (broad SMARTS) is 2. The maximum absolute atomic E-state index is 9.35. The molecule has 0 aromatic rings. The van der Waals surface area contributed by atoms with Crippen LogP contribution in [0.25, 0.3) is 0 Å². The van der Waals surface area contributed by atoms with E-state index in [1.807, 2.05) is 0 Å². The number of carbonyl (C=O) groups excluding carboxylic acids is 2. The quantitative estimate of drug-likeness (QED) is 0.120. The average Bonchev–Trinajstić information content (AvgIpc) is 2.04. The highest BCUT2D eigenvalue weighted by molar-refractivity contribution is 5.70. The number of carbonyl (C=O) groups is 3. The van der Waals surface area contributed by atoms with Crippen LogP contribution in [-0.2, 0) is 0 Å². The zero-order valence-electron chi connectivity index (χ0n) is 6.93. The number of nitrogens with one attached hydrogen (secondary N) is 2. The summed E-state index contributed by atoms with van der Waals surface area (Å²) in [6.07, 6.45) is -1.83. The lowest BCUT2D eigenvalue weighted by Crippen LogP contribution is -2.34. The zero-order chi connectivity index (χ0) is 12.1. The SMILES string of the molecule is NNC(N)=O.NNC(N)=O.O=C(O)O. The van der Waals surface area contributed by atoms with Crippen LogP contribution in [0, 0.1) is 0 Å². The smallest absolute Gasteiger partial charge is 0.450 e. The number of hydrogen-bond donors (Lipinski definition) is 8. The van der Waals surface area contributed by atoms with Crippen molar-refractivity contribution in [2.45, 2.75) is 0 Å². The first-order chi connectivity index (χ1) is 6.27. The fourth-order valence-electron chi connectivity index (χ4n) is 0. The van der Waals surface area contributed by atoms with Gasteiger partial charge in [0, 0.05) is 0 Å². The van der Waals surface area contributed by atoms with E-state index in [1.165, 1.54) is 0 Å². The van der Waals surface area contributed by atoms with Gasteiger partial charge in [0.2, 0.25) is 0 Å². The van der Waals surface area contributed by atoms with Crippen molar-refractivity contribution in [3.8, 4) is 0 Å². The first-order valence-electron chi connectivity index (χ1n) is 2.71. The highest BCUT2D eigenvalue weighted by atomic mass is 16.6. The Bertz CT molecular complexity index is 164. The monoisotopic (exact) mass is 212 g/mol. The van der Waals surface area contributed by atoms with Crippen LogP contribution in [0.1, 0.15) is 0 Å². The molecule has 0 bridgehead atoms. The molecule has 0 fully saturated rings. The van der Waals surface area contributed by atoms with E-state index in [9.17, 15) is 9.59 Å². The molecule has 0 aliphatic carbocycles. The predicted molar refractivity (Wildman–Crippen MR) is 44.5 cm³/mol. The molecule has 0 unspecified atom stereocenters. The predicted octanol–water partition coefficient (Wildman–Crippen LogP) is -2.72. The molecule has 11 nitrogen and oxygen atoms in total. The van der Waals surface area contributed by atoms with Gasteiger partial charge in [-0.25, -0.2) is 26.1 Å². The molecule has 0 aliphatic rings. The number of nitrogens with two attached hydrogens (primary N) is 4. The molecule has 0 atom stereocenters. The third kappa shape index (κ3) is 248. The molecule has 11 heteroatoms. The Balaban J connectivity index is -0.000000131. The largest absolute Gasteiger partial charge is 0.503 e. The van der Waals surface area contributed by atoms with Gasteiger partial charge in [0.1, 0.15) is 0 Å². The Kier molecular flexibility index (Phi) is 16.9. The minimum atomic E-state index is -1.83. The van der Waals surface area contributed by atoms with Crippen LogP contribution in [0.15, 0.2) is 0 Å². The summed E-state index contributed by atoms with van der Waals surface area (Å²) < 4.78 is 0. The van der Waals surface area contributed by atoms with Crippen LogP contribution in [0.2, 0.25) is 0 Å². The second kappa shape index (κ2) is 13.3. The molecule has 0 aromatic carbocycles. The van der Waals surface area contributed by atoms with Crippen molar-refractivity contribution in [3.63, 3.8) is 0 Å². The molecule has 0 aliphatic heterocycles. The number of primary amides is 2. The van der Waals surface area contributed by atoms with Gasteiger partial charge in [-0.2, -0.15) is 0 Å². The number of rotatable bonds is 0. The second-order valence-corrected chi connectivity index (χ2v) is 1.30. The molecule has 12 N–H and O–H groups in total. The van der Waals surface area contributed by atoms with Gasteiger partial charge in [-0.05, 0) is 0 Å². The molecule has 14 heavy (non-hydrogen) atoms. The molecule has 0 saturated carbocycles. The molecule has 0 heterocycles. The van der Waals surface area contributed by atoms with E-state index in [0.29, 0.717) is 0 Å². The van der Waals surface area contributed by atoms with Crippen molar-refractivity contribution in [3.05, 3.63) is 0 Å². The van der Waals surface area contributed by atoms with Gasteiger partial charge in [-0.1, -0.05) is 0 Å². The Hall–Kier alpha value is -2.27. The highest BCUT2D eigenvalue weighted by Crippen LogP contribution is 1.42. The second-order valence-electron chi connectivity index (χ2n) is 1.30. The fraction of sp³-hybridized carbons (Fsp3) is 0. The van der Waals surface area contributed by atoms with E-state index >= 15 is 0 Å². The summed E-state index contributed by atoms with van der Waals surface area (Å²) in [6.45, 7) is 0. The fourth-order valence-corrected chi connectivity index (χ4v) is 0. The van der Waals surface area contributed by atoms with E-state index in [2.05, 4.69) is 23.2 Å². The standard InChI is InChI=1S/2CH5N3O.CH2O3/c2*2-1(5)4-3;2-1(3)4/h2*3H2,(H3,2,4,5);(H2,2,3,4). The summed E-state index contributed by atoms with van der Waals surface area (Å²) in [5, 5.41) is 13.9. The van der Waals surface area contributed by atoms with Crippen molar-refractivity contribution in [2.75, 3.05) is 0 Å². The molecule has 0 radical (unpaired) electrons. The summed E-state index contributed by atoms with van der Waals surface area (Å²) in [7, 11) is 0. The number of amides is 4. The maximum atomic E-state index is 9.35. The lowest BCUT2D eigenvalue weighted by atomic mass is 11.2. The van der Waals surface area contributed by atoms with Crippen LogP contribution in [0.4, 0.5) is 14.4 Å². The lowest BCUT2D eigenvalue weighted by Gasteiger charge is -1.81. The van der Waals surface area contributed by atoms with Crippen molar-refractivity contribution in [1.29, 1.82) is 0 Å². The van der Waals surface area contributed by atoms with Gasteiger partial charge >= 0.3 is 18.2 Å². The summed E-state index contributed by atoms with van der Waals surface area (Å²) in [4.78, 5) is 27.3. The molecule has 0 aromatic heterocycles. The molecular weight excluding hydrogens is 200 g/mol. The molecule has 4 amide bonds. The first kappa shape index (κ1) is 17.7. The number of hydrazine groups is 2. The number of urea groups is 2. The van der Waals surface area contributed by atoms with E-state index < -0.39 is 18.2 Å². The molecular formula is C3H12N6O5. The maximum Gasteiger partial charge on any atom is 0.503 e. The van der Waals surface area contributed by atoms with Gasteiger partial charge < -0.3 is 21.7 Å². The van der Waals surface area contributed by atoms with Gasteiger partial charge in [0.25, 0.3) is 0 Å². The third-order valence-electron chi connectivity index (χ3n) is 0.285. The summed E-state index contributed by atoms with van der Waals surface area (Å²) in [5.41, 5.74) is 12.2. The first-order valence-corrected chi connectivity index (χ1v) is 2.71. The summed E-state index contributed by atoms with van der Waals surface area (Å²) in [6, 6.07) is -1.44. The van der Waals surface area contributed by atoms with E-state index in [0.717, 1.165) is 0 Å². The zero-order valence-corrected chi connectivity index (χ0v) is 6.93. The topological polar surface area (TPSA) is 220 Å². The van der Waals surface area contributed by atoms with Gasteiger partial charge in [-0.15, -0.1) is 0 Å². The van der Waals surface area contributed by atoms with Crippen molar-refractivity contribution in [2.24, 2.45) is 23.2 Å². The highest BCUT2D eigenvalue weighted by Gasteiger charge is 1.73. The van der Waals surface area contributed by atoms with Gasteiger partial charge in [0.15, 0.2) is 0 Å². The van der Waals surface area contributed by atoms with Crippen LogP contribution < -0.4 is 34.0 Å². The van der Waals surface area contributed by atoms with Crippen molar-refractivity contribution in [1.82, 2.24) is 10.9 Å². The van der Waals surface area contributed by atoms with E-state index in [1.54, 1.807) is 10.9 Å². The van der Waals surface area contributed by atoms with Crippen molar-refractivity contribution >= 4 is 18.2 Å². The summed E-state index contributed by atoms with van der Waals surface area (Å²) in [5.74, 6) is 8.89. The molecule has 84 valence electrons. The summed E-state index contributed by atoms with van der Waals surface area (Å²) >= 11 is 0. The van der Waals surface area contributed by atoms with E-state index in [-0.39, 0.29) is 0 Å². The van der Waals surface area contributed by atoms with Crippen LogP contribution >= 0.6 is 0 Å². The van der Waals surface area contributed by atoms with Crippen LogP contribution in [-0.4, -0.2) is 28.4 Å². The molecule has 0 rings (SSSR count). The Morgan fingerprint density at radius 1 is 0.857 bits per heavy atom. The molecule has 0 spiro atoms. The van der Waals surface area contributed by atoms with Gasteiger partial charge in [0.05, 0.1) is 0 Å².